The third-order valence-electron chi connectivity index (χ3n) is 2.84. The molecule has 0 fully saturated rings. The number of benzene rings is 1. The largest absolute Gasteiger partial charge is 0.357 e. The maximum atomic E-state index is 4.54. The standard InChI is InChI=1S/C14H17N3/c1-9-5-6-10(2)12(7-9)13-11(3)8-16-14(15-4)17-13/h5-8H,1-4H3,(H,15,16,17). The summed E-state index contributed by atoms with van der Waals surface area (Å²) in [4.78, 5) is 8.75. The molecule has 1 heterocycles. The highest BCUT2D eigenvalue weighted by Gasteiger charge is 2.08. The summed E-state index contributed by atoms with van der Waals surface area (Å²) in [7, 11) is 1.83. The van der Waals surface area contributed by atoms with Crippen LogP contribution < -0.4 is 5.32 Å². The summed E-state index contributed by atoms with van der Waals surface area (Å²) in [5.41, 5.74) is 5.76. The third kappa shape index (κ3) is 2.28. The van der Waals surface area contributed by atoms with E-state index in [1.807, 2.05) is 20.2 Å². The number of anilines is 1. The Balaban J connectivity index is 2.62. The summed E-state index contributed by atoms with van der Waals surface area (Å²) in [6.07, 6.45) is 1.86. The van der Waals surface area contributed by atoms with Crippen molar-refractivity contribution in [2.75, 3.05) is 12.4 Å². The molecule has 1 aromatic heterocycles. The highest BCUT2D eigenvalue weighted by Crippen LogP contribution is 2.26. The number of nitrogens with one attached hydrogen (secondary N) is 1. The highest BCUT2D eigenvalue weighted by atomic mass is 15.1. The fourth-order valence-electron chi connectivity index (χ4n) is 1.83. The lowest BCUT2D eigenvalue weighted by molar-refractivity contribution is 1.12. The van der Waals surface area contributed by atoms with Gasteiger partial charge < -0.3 is 5.32 Å². The van der Waals surface area contributed by atoms with E-state index in [0.717, 1.165) is 11.3 Å². The van der Waals surface area contributed by atoms with Gasteiger partial charge in [-0.1, -0.05) is 17.7 Å². The molecule has 0 aliphatic heterocycles. The fraction of sp³-hybridized carbons (Fsp3) is 0.286. The minimum Gasteiger partial charge on any atom is -0.357 e. The zero-order valence-corrected chi connectivity index (χ0v) is 10.7. The molecule has 0 atom stereocenters. The van der Waals surface area contributed by atoms with Crippen LogP contribution in [0.15, 0.2) is 24.4 Å². The Morgan fingerprint density at radius 3 is 2.53 bits per heavy atom. The van der Waals surface area contributed by atoms with E-state index in [2.05, 4.69) is 47.3 Å². The number of aryl methyl sites for hydroxylation is 3. The first-order valence-electron chi connectivity index (χ1n) is 5.71. The van der Waals surface area contributed by atoms with Crippen LogP contribution in [0.5, 0.6) is 0 Å². The molecule has 88 valence electrons. The van der Waals surface area contributed by atoms with E-state index >= 15 is 0 Å². The molecule has 17 heavy (non-hydrogen) atoms. The molecule has 0 unspecified atom stereocenters. The smallest absolute Gasteiger partial charge is 0.222 e. The topological polar surface area (TPSA) is 37.8 Å². The number of aromatic nitrogens is 2. The van der Waals surface area contributed by atoms with E-state index in [-0.39, 0.29) is 0 Å². The van der Waals surface area contributed by atoms with Gasteiger partial charge in [-0.3, -0.25) is 0 Å². The summed E-state index contributed by atoms with van der Waals surface area (Å²) < 4.78 is 0. The third-order valence-corrected chi connectivity index (χ3v) is 2.84. The van der Waals surface area contributed by atoms with Gasteiger partial charge in [0.05, 0.1) is 5.69 Å². The molecule has 3 nitrogen and oxygen atoms in total. The van der Waals surface area contributed by atoms with Crippen LogP contribution in [0, 0.1) is 20.8 Å². The molecule has 0 saturated heterocycles. The second-order valence-corrected chi connectivity index (χ2v) is 4.29. The van der Waals surface area contributed by atoms with Crippen molar-refractivity contribution in [2.45, 2.75) is 20.8 Å². The zero-order valence-electron chi connectivity index (χ0n) is 10.7. The van der Waals surface area contributed by atoms with Crippen molar-refractivity contribution in [2.24, 2.45) is 0 Å². The first kappa shape index (κ1) is 11.6. The monoisotopic (exact) mass is 227 g/mol. The molecule has 0 spiro atoms. The molecule has 0 aliphatic rings. The lowest BCUT2D eigenvalue weighted by Gasteiger charge is -2.10. The molecule has 1 N–H and O–H groups in total. The van der Waals surface area contributed by atoms with E-state index in [0.29, 0.717) is 5.95 Å². The molecule has 0 aliphatic carbocycles. The molecule has 2 aromatic rings. The Hall–Kier alpha value is -1.90. The lowest BCUT2D eigenvalue weighted by Crippen LogP contribution is -2.00. The summed E-state index contributed by atoms with van der Waals surface area (Å²) in [6, 6.07) is 6.42. The van der Waals surface area contributed by atoms with Gasteiger partial charge in [-0.15, -0.1) is 0 Å². The normalized spacial score (nSPS) is 10.4. The van der Waals surface area contributed by atoms with Crippen LogP contribution in [-0.2, 0) is 0 Å². The molecular weight excluding hydrogens is 210 g/mol. The van der Waals surface area contributed by atoms with Gasteiger partial charge in [-0.05, 0) is 38.0 Å². The van der Waals surface area contributed by atoms with Gasteiger partial charge in [0.1, 0.15) is 0 Å². The Labute approximate surface area is 102 Å². The first-order valence-corrected chi connectivity index (χ1v) is 5.71. The highest BCUT2D eigenvalue weighted by molar-refractivity contribution is 5.68. The summed E-state index contributed by atoms with van der Waals surface area (Å²) >= 11 is 0. The molecule has 2 rings (SSSR count). The van der Waals surface area contributed by atoms with Crippen LogP contribution in [0.25, 0.3) is 11.3 Å². The van der Waals surface area contributed by atoms with Gasteiger partial charge in [0.2, 0.25) is 5.95 Å². The predicted molar refractivity (Wildman–Crippen MR) is 71.2 cm³/mol. The number of hydrogen-bond acceptors (Lipinski definition) is 3. The Morgan fingerprint density at radius 1 is 1.06 bits per heavy atom. The van der Waals surface area contributed by atoms with Gasteiger partial charge in [0, 0.05) is 18.8 Å². The number of rotatable bonds is 2. The van der Waals surface area contributed by atoms with Crippen LogP contribution in [0.1, 0.15) is 16.7 Å². The van der Waals surface area contributed by atoms with E-state index in [1.165, 1.54) is 16.7 Å². The summed E-state index contributed by atoms with van der Waals surface area (Å²) in [5, 5.41) is 2.98. The molecule has 0 radical (unpaired) electrons. The van der Waals surface area contributed by atoms with Crippen LogP contribution in [0.3, 0.4) is 0 Å². The van der Waals surface area contributed by atoms with Crippen molar-refractivity contribution in [3.05, 3.63) is 41.1 Å². The van der Waals surface area contributed by atoms with Crippen LogP contribution in [0.2, 0.25) is 0 Å². The van der Waals surface area contributed by atoms with Gasteiger partial charge in [0.25, 0.3) is 0 Å². The van der Waals surface area contributed by atoms with Crippen molar-refractivity contribution < 1.29 is 0 Å². The van der Waals surface area contributed by atoms with E-state index in [9.17, 15) is 0 Å². The van der Waals surface area contributed by atoms with Gasteiger partial charge in [-0.2, -0.15) is 0 Å². The number of hydrogen-bond donors (Lipinski definition) is 1. The lowest BCUT2D eigenvalue weighted by atomic mass is 10.0. The fourth-order valence-corrected chi connectivity index (χ4v) is 1.83. The van der Waals surface area contributed by atoms with Crippen LogP contribution in [-0.4, -0.2) is 17.0 Å². The van der Waals surface area contributed by atoms with E-state index in [1.54, 1.807) is 0 Å². The molecule has 0 saturated carbocycles. The van der Waals surface area contributed by atoms with E-state index < -0.39 is 0 Å². The molecule has 1 aromatic carbocycles. The minimum atomic E-state index is 0.659. The molecule has 3 heteroatoms. The Kier molecular flexibility index (Phi) is 3.09. The molecule has 0 bridgehead atoms. The van der Waals surface area contributed by atoms with E-state index in [4.69, 9.17) is 0 Å². The van der Waals surface area contributed by atoms with Crippen molar-refractivity contribution in [3.8, 4) is 11.3 Å². The number of nitrogens with zero attached hydrogens (tertiary/aromatic N) is 2. The first-order chi connectivity index (χ1) is 8.11. The Bertz CT molecular complexity index is 547. The predicted octanol–water partition coefficient (Wildman–Crippen LogP) is 3.11. The summed E-state index contributed by atoms with van der Waals surface area (Å²) in [6.45, 7) is 6.24. The molecular formula is C14H17N3. The maximum Gasteiger partial charge on any atom is 0.222 e. The van der Waals surface area contributed by atoms with Crippen molar-refractivity contribution in [1.29, 1.82) is 0 Å². The van der Waals surface area contributed by atoms with Crippen LogP contribution in [0.4, 0.5) is 5.95 Å². The van der Waals surface area contributed by atoms with Gasteiger partial charge in [0.15, 0.2) is 0 Å². The quantitative estimate of drug-likeness (QED) is 0.856. The second kappa shape index (κ2) is 4.53. The van der Waals surface area contributed by atoms with Crippen molar-refractivity contribution in [3.63, 3.8) is 0 Å². The van der Waals surface area contributed by atoms with Gasteiger partial charge in [-0.25, -0.2) is 9.97 Å². The molecule has 0 amide bonds. The van der Waals surface area contributed by atoms with Crippen molar-refractivity contribution >= 4 is 5.95 Å². The average Bonchev–Trinajstić information content (AvgIpc) is 2.33. The zero-order chi connectivity index (χ0) is 12.4. The maximum absolute atomic E-state index is 4.54. The van der Waals surface area contributed by atoms with Crippen LogP contribution >= 0.6 is 0 Å². The Morgan fingerprint density at radius 2 is 1.82 bits per heavy atom. The van der Waals surface area contributed by atoms with Gasteiger partial charge >= 0.3 is 0 Å². The SMILES string of the molecule is CNc1ncc(C)c(-c2cc(C)ccc2C)n1. The average molecular weight is 227 g/mol. The van der Waals surface area contributed by atoms with Crippen molar-refractivity contribution in [1.82, 2.24) is 9.97 Å². The second-order valence-electron chi connectivity index (χ2n) is 4.29. The summed E-state index contributed by atoms with van der Waals surface area (Å²) in [5.74, 6) is 0.659. The minimum absolute atomic E-state index is 0.659.